The Morgan fingerprint density at radius 3 is 2.88 bits per heavy atom. The fourth-order valence-electron chi connectivity index (χ4n) is 1.05. The maximum atomic E-state index is 9.53. The van der Waals surface area contributed by atoms with E-state index in [9.17, 15) is 5.11 Å². The van der Waals surface area contributed by atoms with Gasteiger partial charge in [-0.15, -0.1) is 0 Å². The van der Waals surface area contributed by atoms with E-state index in [1.807, 2.05) is 13.8 Å². The van der Waals surface area contributed by atoms with E-state index in [-0.39, 0.29) is 19.1 Å². The first-order valence-electron chi connectivity index (χ1n) is 5.22. The van der Waals surface area contributed by atoms with Crippen molar-refractivity contribution in [3.8, 4) is 5.88 Å². The molecule has 0 saturated carbocycles. The zero-order valence-corrected chi connectivity index (χ0v) is 9.51. The molecule has 1 aromatic heterocycles. The molecule has 0 fully saturated rings. The number of aliphatic hydroxyl groups excluding tert-OH is 2. The molecule has 1 aromatic rings. The maximum Gasteiger partial charge on any atom is 0.254 e. The second kappa shape index (κ2) is 6.47. The molecular formula is C10H18N2O4. The van der Waals surface area contributed by atoms with Gasteiger partial charge in [0.25, 0.3) is 5.88 Å². The van der Waals surface area contributed by atoms with Crippen LogP contribution in [0.3, 0.4) is 0 Å². The molecule has 0 saturated heterocycles. The molecule has 0 aliphatic carbocycles. The average Bonchev–Trinajstić information content (AvgIpc) is 2.71. The summed E-state index contributed by atoms with van der Waals surface area (Å²) in [7, 11) is 0. The number of nitrogens with zero attached hydrogens (tertiary/aromatic N) is 1. The molecule has 92 valence electrons. The minimum Gasteiger partial charge on any atom is -0.473 e. The topological polar surface area (TPSA) is 87.8 Å². The number of ether oxygens (including phenoxy) is 1. The van der Waals surface area contributed by atoms with E-state index >= 15 is 0 Å². The largest absolute Gasteiger partial charge is 0.473 e. The van der Waals surface area contributed by atoms with Crippen molar-refractivity contribution in [2.75, 3.05) is 13.2 Å². The highest BCUT2D eigenvalue weighted by molar-refractivity contribution is 5.10. The van der Waals surface area contributed by atoms with Crippen molar-refractivity contribution in [2.45, 2.75) is 32.6 Å². The van der Waals surface area contributed by atoms with Gasteiger partial charge in [-0.1, -0.05) is 13.8 Å². The zero-order valence-electron chi connectivity index (χ0n) is 9.51. The number of aliphatic hydroxyl groups is 2. The molecule has 1 atom stereocenters. The lowest BCUT2D eigenvalue weighted by atomic mass is 10.3. The maximum absolute atomic E-state index is 9.53. The SMILES string of the molecule is CC(C)NCC(O)COc1cc(CO)on1. The van der Waals surface area contributed by atoms with Crippen LogP contribution in [0.2, 0.25) is 0 Å². The normalized spacial score (nSPS) is 13.1. The molecule has 0 bridgehead atoms. The van der Waals surface area contributed by atoms with Crippen LogP contribution < -0.4 is 10.1 Å². The summed E-state index contributed by atoms with van der Waals surface area (Å²) in [4.78, 5) is 0. The van der Waals surface area contributed by atoms with E-state index in [1.165, 1.54) is 6.07 Å². The van der Waals surface area contributed by atoms with Gasteiger partial charge < -0.3 is 24.8 Å². The van der Waals surface area contributed by atoms with Gasteiger partial charge >= 0.3 is 0 Å². The van der Waals surface area contributed by atoms with Crippen molar-refractivity contribution < 1.29 is 19.5 Å². The van der Waals surface area contributed by atoms with E-state index < -0.39 is 6.10 Å². The molecule has 0 radical (unpaired) electrons. The molecule has 0 amide bonds. The molecular weight excluding hydrogens is 212 g/mol. The van der Waals surface area contributed by atoms with Crippen LogP contribution in [0, 0.1) is 0 Å². The molecule has 16 heavy (non-hydrogen) atoms. The summed E-state index contributed by atoms with van der Waals surface area (Å²) in [5.41, 5.74) is 0. The van der Waals surface area contributed by atoms with Gasteiger partial charge in [0.15, 0.2) is 5.76 Å². The van der Waals surface area contributed by atoms with Gasteiger partial charge in [-0.3, -0.25) is 0 Å². The standard InChI is InChI=1S/C10H18N2O4/c1-7(2)11-4-8(14)6-15-10-3-9(5-13)16-12-10/h3,7-8,11,13-14H,4-6H2,1-2H3. The van der Waals surface area contributed by atoms with E-state index in [1.54, 1.807) is 0 Å². The fraction of sp³-hybridized carbons (Fsp3) is 0.700. The van der Waals surface area contributed by atoms with Gasteiger partial charge in [0.1, 0.15) is 19.3 Å². The molecule has 1 unspecified atom stereocenters. The first kappa shape index (κ1) is 13.0. The molecule has 6 heteroatoms. The minimum atomic E-state index is -0.600. The van der Waals surface area contributed by atoms with Crippen molar-refractivity contribution >= 4 is 0 Å². The number of nitrogens with one attached hydrogen (secondary N) is 1. The summed E-state index contributed by atoms with van der Waals surface area (Å²) in [5, 5.41) is 24.9. The van der Waals surface area contributed by atoms with Crippen LogP contribution in [-0.2, 0) is 6.61 Å². The lowest BCUT2D eigenvalue weighted by Crippen LogP contribution is -2.35. The Morgan fingerprint density at radius 1 is 1.56 bits per heavy atom. The molecule has 0 aliphatic heterocycles. The monoisotopic (exact) mass is 230 g/mol. The number of hydrogen-bond acceptors (Lipinski definition) is 6. The highest BCUT2D eigenvalue weighted by atomic mass is 16.5. The van der Waals surface area contributed by atoms with Crippen LogP contribution in [-0.4, -0.2) is 40.7 Å². The Balaban J connectivity index is 2.23. The highest BCUT2D eigenvalue weighted by Crippen LogP contribution is 2.10. The summed E-state index contributed by atoms with van der Waals surface area (Å²) in [6.45, 7) is 4.38. The van der Waals surface area contributed by atoms with Crippen molar-refractivity contribution in [1.29, 1.82) is 0 Å². The van der Waals surface area contributed by atoms with Gasteiger partial charge in [-0.2, -0.15) is 0 Å². The van der Waals surface area contributed by atoms with Crippen LogP contribution in [0.25, 0.3) is 0 Å². The fourth-order valence-corrected chi connectivity index (χ4v) is 1.05. The van der Waals surface area contributed by atoms with Crippen LogP contribution in [0.15, 0.2) is 10.6 Å². The minimum absolute atomic E-state index is 0.136. The average molecular weight is 230 g/mol. The summed E-state index contributed by atoms with van der Waals surface area (Å²) >= 11 is 0. The molecule has 1 rings (SSSR count). The number of rotatable bonds is 7. The number of hydrogen-bond donors (Lipinski definition) is 3. The second-order valence-electron chi connectivity index (χ2n) is 3.82. The van der Waals surface area contributed by atoms with Crippen LogP contribution in [0.1, 0.15) is 19.6 Å². The Hall–Kier alpha value is -1.11. The van der Waals surface area contributed by atoms with E-state index in [0.29, 0.717) is 18.3 Å². The second-order valence-corrected chi connectivity index (χ2v) is 3.82. The molecule has 0 spiro atoms. The van der Waals surface area contributed by atoms with Crippen LogP contribution in [0.4, 0.5) is 0 Å². The molecule has 1 heterocycles. The smallest absolute Gasteiger partial charge is 0.254 e. The van der Waals surface area contributed by atoms with Gasteiger partial charge in [0.05, 0.1) is 0 Å². The number of aromatic nitrogens is 1. The van der Waals surface area contributed by atoms with Crippen LogP contribution >= 0.6 is 0 Å². The van der Waals surface area contributed by atoms with Crippen molar-refractivity contribution in [1.82, 2.24) is 10.5 Å². The Kier molecular flexibility index (Phi) is 5.24. The van der Waals surface area contributed by atoms with Crippen molar-refractivity contribution in [3.63, 3.8) is 0 Å². The van der Waals surface area contributed by atoms with Crippen LogP contribution in [0.5, 0.6) is 5.88 Å². The lowest BCUT2D eigenvalue weighted by molar-refractivity contribution is 0.0996. The summed E-state index contributed by atoms with van der Waals surface area (Å²) in [6, 6.07) is 1.81. The van der Waals surface area contributed by atoms with E-state index in [0.717, 1.165) is 0 Å². The summed E-state index contributed by atoms with van der Waals surface area (Å²) in [5.74, 6) is 0.609. The first-order valence-corrected chi connectivity index (χ1v) is 5.22. The Labute approximate surface area is 94.2 Å². The Bertz CT molecular complexity index is 301. The zero-order chi connectivity index (χ0) is 12.0. The molecule has 6 nitrogen and oxygen atoms in total. The molecule has 0 aromatic carbocycles. The predicted octanol–water partition coefficient (Wildman–Crippen LogP) is -0.0954. The Morgan fingerprint density at radius 2 is 2.31 bits per heavy atom. The van der Waals surface area contributed by atoms with E-state index in [4.69, 9.17) is 14.4 Å². The lowest BCUT2D eigenvalue weighted by Gasteiger charge is -2.13. The van der Waals surface area contributed by atoms with Gasteiger partial charge in [-0.25, -0.2) is 0 Å². The third-order valence-electron chi connectivity index (χ3n) is 1.88. The highest BCUT2D eigenvalue weighted by Gasteiger charge is 2.08. The van der Waals surface area contributed by atoms with Gasteiger partial charge in [-0.05, 0) is 5.16 Å². The summed E-state index contributed by atoms with van der Waals surface area (Å²) in [6.07, 6.45) is -0.600. The van der Waals surface area contributed by atoms with E-state index in [2.05, 4.69) is 10.5 Å². The van der Waals surface area contributed by atoms with Gasteiger partial charge in [0.2, 0.25) is 0 Å². The van der Waals surface area contributed by atoms with Crippen molar-refractivity contribution in [3.05, 3.63) is 11.8 Å². The quantitative estimate of drug-likeness (QED) is 0.606. The molecule has 3 N–H and O–H groups in total. The van der Waals surface area contributed by atoms with Gasteiger partial charge in [0, 0.05) is 18.7 Å². The van der Waals surface area contributed by atoms with Crippen molar-refractivity contribution in [2.24, 2.45) is 0 Å². The molecule has 0 aliphatic rings. The third-order valence-corrected chi connectivity index (χ3v) is 1.88. The predicted molar refractivity (Wildman–Crippen MR) is 57.1 cm³/mol. The summed E-state index contributed by atoms with van der Waals surface area (Å²) < 4.78 is 9.90. The first-order chi connectivity index (χ1) is 7.61. The third kappa shape index (κ3) is 4.61.